The van der Waals surface area contributed by atoms with Crippen LogP contribution in [0.3, 0.4) is 0 Å². The van der Waals surface area contributed by atoms with Crippen molar-refractivity contribution < 1.29 is 13.6 Å². The lowest BCUT2D eigenvalue weighted by Crippen LogP contribution is -2.36. The highest BCUT2D eigenvalue weighted by Gasteiger charge is 2.26. The lowest BCUT2D eigenvalue weighted by molar-refractivity contribution is -0.118. The summed E-state index contributed by atoms with van der Waals surface area (Å²) in [6.07, 6.45) is 2.12. The van der Waals surface area contributed by atoms with Crippen molar-refractivity contribution in [3.8, 4) is 0 Å². The largest absolute Gasteiger partial charge is 0.425 e. The second-order valence-corrected chi connectivity index (χ2v) is 6.53. The van der Waals surface area contributed by atoms with Crippen LogP contribution in [0.25, 0.3) is 0 Å². The average Bonchev–Trinajstić information content (AvgIpc) is 3.05. The predicted molar refractivity (Wildman–Crippen MR) is 88.5 cm³/mol. The van der Waals surface area contributed by atoms with E-state index in [1.807, 2.05) is 20.8 Å². The van der Waals surface area contributed by atoms with Crippen LogP contribution >= 0.6 is 0 Å². The van der Waals surface area contributed by atoms with Crippen LogP contribution in [0.4, 0.5) is 10.1 Å². The van der Waals surface area contributed by atoms with Gasteiger partial charge in [-0.05, 0) is 31.4 Å². The van der Waals surface area contributed by atoms with Crippen LogP contribution in [0.5, 0.6) is 0 Å². The Morgan fingerprint density at radius 2 is 2.17 bits per heavy atom. The fourth-order valence-electron chi connectivity index (χ4n) is 3.07. The average molecular weight is 331 g/mol. The van der Waals surface area contributed by atoms with Gasteiger partial charge in [-0.25, -0.2) is 4.39 Å². The number of halogens is 1. The topological polar surface area (TPSA) is 59.2 Å². The van der Waals surface area contributed by atoms with E-state index in [1.54, 1.807) is 11.0 Å². The maximum atomic E-state index is 14.0. The van der Waals surface area contributed by atoms with Crippen molar-refractivity contribution >= 4 is 11.6 Å². The molecule has 0 saturated carbocycles. The van der Waals surface area contributed by atoms with E-state index in [0.717, 1.165) is 17.7 Å². The van der Waals surface area contributed by atoms with E-state index >= 15 is 0 Å². The van der Waals surface area contributed by atoms with Crippen molar-refractivity contribution in [2.24, 2.45) is 0 Å². The molecule has 0 spiro atoms. The molecule has 0 N–H and O–H groups in total. The predicted octanol–water partition coefficient (Wildman–Crippen LogP) is 3.55. The molecule has 6 heteroatoms. The van der Waals surface area contributed by atoms with E-state index in [-0.39, 0.29) is 24.1 Å². The molecule has 1 aliphatic heterocycles. The quantitative estimate of drug-likeness (QED) is 0.859. The molecule has 0 atom stereocenters. The highest BCUT2D eigenvalue weighted by atomic mass is 19.1. The Labute approximate surface area is 140 Å². The molecule has 0 saturated heterocycles. The molecule has 1 aromatic heterocycles. The summed E-state index contributed by atoms with van der Waals surface area (Å²) < 4.78 is 19.6. The minimum atomic E-state index is -0.230. The fraction of sp³-hybridized carbons (Fsp3) is 0.500. The number of amides is 1. The second kappa shape index (κ2) is 6.71. The molecule has 24 heavy (non-hydrogen) atoms. The summed E-state index contributed by atoms with van der Waals surface area (Å²) in [5.41, 5.74) is 2.31. The van der Waals surface area contributed by atoms with Gasteiger partial charge in [0.1, 0.15) is 5.82 Å². The first-order valence-electron chi connectivity index (χ1n) is 8.38. The van der Waals surface area contributed by atoms with Crippen LogP contribution in [-0.4, -0.2) is 22.6 Å². The fourth-order valence-corrected chi connectivity index (χ4v) is 3.07. The number of rotatable bonds is 4. The molecule has 2 aromatic rings. The molecule has 2 heterocycles. The van der Waals surface area contributed by atoms with Crippen LogP contribution in [0, 0.1) is 12.7 Å². The maximum absolute atomic E-state index is 14.0. The van der Waals surface area contributed by atoms with Crippen LogP contribution in [0.15, 0.2) is 16.5 Å². The zero-order valence-corrected chi connectivity index (χ0v) is 14.3. The monoisotopic (exact) mass is 331 g/mol. The Bertz CT molecular complexity index is 755. The first-order valence-corrected chi connectivity index (χ1v) is 8.38. The minimum Gasteiger partial charge on any atom is -0.425 e. The van der Waals surface area contributed by atoms with Gasteiger partial charge in [0.05, 0.1) is 5.69 Å². The third kappa shape index (κ3) is 3.18. The van der Waals surface area contributed by atoms with Gasteiger partial charge in [-0.3, -0.25) is 4.79 Å². The molecule has 1 aliphatic rings. The van der Waals surface area contributed by atoms with Crippen molar-refractivity contribution in [2.45, 2.75) is 52.4 Å². The van der Waals surface area contributed by atoms with E-state index in [1.165, 1.54) is 6.07 Å². The molecule has 3 rings (SSSR count). The Morgan fingerprint density at radius 3 is 2.88 bits per heavy atom. The third-order valence-electron chi connectivity index (χ3n) is 4.34. The summed E-state index contributed by atoms with van der Waals surface area (Å²) >= 11 is 0. The first kappa shape index (κ1) is 16.6. The molecule has 1 amide bonds. The number of fused-ring (bicyclic) bond motifs is 1. The van der Waals surface area contributed by atoms with Crippen LogP contribution in [0.1, 0.15) is 55.5 Å². The molecule has 0 bridgehead atoms. The molecule has 128 valence electrons. The first-order chi connectivity index (χ1) is 11.5. The number of anilines is 1. The van der Waals surface area contributed by atoms with Crippen molar-refractivity contribution in [3.63, 3.8) is 0 Å². The Balaban J connectivity index is 1.73. The number of carbonyl (C=O) groups excluding carboxylic acids is 1. The van der Waals surface area contributed by atoms with E-state index < -0.39 is 0 Å². The molecular formula is C18H22FN3O2. The minimum absolute atomic E-state index is 0.0334. The van der Waals surface area contributed by atoms with Gasteiger partial charge in [-0.2, -0.15) is 0 Å². The Morgan fingerprint density at radius 1 is 1.38 bits per heavy atom. The van der Waals surface area contributed by atoms with Gasteiger partial charge in [0.25, 0.3) is 0 Å². The van der Waals surface area contributed by atoms with E-state index in [9.17, 15) is 9.18 Å². The number of aromatic nitrogens is 2. The summed E-state index contributed by atoms with van der Waals surface area (Å²) in [6, 6.07) is 3.21. The number of nitrogens with zero attached hydrogens (tertiary/aromatic N) is 3. The van der Waals surface area contributed by atoms with Crippen molar-refractivity contribution in [1.29, 1.82) is 0 Å². The van der Waals surface area contributed by atoms with Gasteiger partial charge in [0.15, 0.2) is 0 Å². The summed E-state index contributed by atoms with van der Waals surface area (Å²) in [5, 5.41) is 7.96. The van der Waals surface area contributed by atoms with Gasteiger partial charge in [-0.15, -0.1) is 10.2 Å². The molecule has 0 unspecified atom stereocenters. The lowest BCUT2D eigenvalue weighted by atomic mass is 9.97. The molecule has 1 aromatic carbocycles. The zero-order chi connectivity index (χ0) is 17.3. The van der Waals surface area contributed by atoms with E-state index in [0.29, 0.717) is 36.7 Å². The van der Waals surface area contributed by atoms with Crippen LogP contribution in [-0.2, 0) is 17.6 Å². The number of hydrogen-bond donors (Lipinski definition) is 0. The van der Waals surface area contributed by atoms with Crippen molar-refractivity contribution in [2.75, 3.05) is 11.4 Å². The normalized spacial score (nSPS) is 14.1. The van der Waals surface area contributed by atoms with E-state index in [2.05, 4.69) is 10.2 Å². The van der Waals surface area contributed by atoms with Gasteiger partial charge >= 0.3 is 0 Å². The highest BCUT2D eigenvalue weighted by Crippen LogP contribution is 2.33. The lowest BCUT2D eigenvalue weighted by Gasteiger charge is -2.31. The summed E-state index contributed by atoms with van der Waals surface area (Å²) in [4.78, 5) is 14.4. The number of carbonyl (C=O) groups is 1. The van der Waals surface area contributed by atoms with Crippen LogP contribution < -0.4 is 4.90 Å². The number of benzene rings is 1. The molecule has 0 radical (unpaired) electrons. The number of hydrogen-bond acceptors (Lipinski definition) is 4. The van der Waals surface area contributed by atoms with E-state index in [4.69, 9.17) is 4.42 Å². The SMILES string of the molecule is Cc1ccc(F)c2c1N(C(=O)CCc1nnc(C(C)C)o1)CCC2. The third-order valence-corrected chi connectivity index (χ3v) is 4.34. The van der Waals surface area contributed by atoms with Crippen molar-refractivity contribution in [1.82, 2.24) is 10.2 Å². The second-order valence-electron chi connectivity index (χ2n) is 6.53. The maximum Gasteiger partial charge on any atom is 0.227 e. The molecule has 0 fully saturated rings. The molecule has 5 nitrogen and oxygen atoms in total. The zero-order valence-electron chi connectivity index (χ0n) is 14.3. The van der Waals surface area contributed by atoms with Gasteiger partial charge in [0.2, 0.25) is 17.7 Å². The summed E-state index contributed by atoms with van der Waals surface area (Å²) in [7, 11) is 0. The standard InChI is InChI=1S/C18H22FN3O2/c1-11(2)18-21-20-15(24-18)8-9-16(23)22-10-4-5-13-14(19)7-6-12(3)17(13)22/h6-7,11H,4-5,8-10H2,1-3H3. The summed E-state index contributed by atoms with van der Waals surface area (Å²) in [5.74, 6) is 0.959. The highest BCUT2D eigenvalue weighted by molar-refractivity contribution is 5.95. The Kier molecular flexibility index (Phi) is 4.64. The molecule has 0 aliphatic carbocycles. The Hall–Kier alpha value is -2.24. The van der Waals surface area contributed by atoms with Gasteiger partial charge < -0.3 is 9.32 Å². The molecular weight excluding hydrogens is 309 g/mol. The van der Waals surface area contributed by atoms with Crippen molar-refractivity contribution in [3.05, 3.63) is 40.9 Å². The summed E-state index contributed by atoms with van der Waals surface area (Å²) in [6.45, 7) is 6.49. The van der Waals surface area contributed by atoms with Crippen LogP contribution in [0.2, 0.25) is 0 Å². The van der Waals surface area contributed by atoms with Gasteiger partial charge in [0, 0.05) is 30.9 Å². The number of aryl methyl sites for hydroxylation is 2. The van der Waals surface area contributed by atoms with Gasteiger partial charge in [-0.1, -0.05) is 19.9 Å². The smallest absolute Gasteiger partial charge is 0.227 e.